The minimum atomic E-state index is 0.817. The predicted octanol–water partition coefficient (Wildman–Crippen LogP) is 3.17. The molecule has 0 aromatic heterocycles. The average Bonchev–Trinajstić information content (AvgIpc) is 2.37. The Bertz CT molecular complexity index is 337. The van der Waals surface area contributed by atoms with Gasteiger partial charge in [0.05, 0.1) is 0 Å². The molecule has 1 saturated heterocycles. The number of hydrogen-bond donors (Lipinski definition) is 1. The van der Waals surface area contributed by atoms with Gasteiger partial charge < -0.3 is 10.2 Å². The van der Waals surface area contributed by atoms with Crippen molar-refractivity contribution in [3.05, 3.63) is 29.3 Å². The molecule has 0 saturated carbocycles. The number of anilines is 1. The molecule has 1 aromatic rings. The number of benzene rings is 1. The van der Waals surface area contributed by atoms with Gasteiger partial charge in [0.25, 0.3) is 0 Å². The smallest absolute Gasteiger partial charge is 0.0407 e. The molecule has 0 amide bonds. The molecule has 1 aliphatic rings. The van der Waals surface area contributed by atoms with Crippen molar-refractivity contribution in [1.82, 2.24) is 5.32 Å². The molecule has 1 aromatic carbocycles. The number of nitrogens with zero attached hydrogens (tertiary/aromatic N) is 1. The first-order valence-corrected chi connectivity index (χ1v) is 6.82. The van der Waals surface area contributed by atoms with E-state index in [1.807, 2.05) is 19.2 Å². The lowest BCUT2D eigenvalue weighted by Crippen LogP contribution is -2.36. The van der Waals surface area contributed by atoms with E-state index >= 15 is 0 Å². The third-order valence-electron chi connectivity index (χ3n) is 3.51. The second-order valence-electron chi connectivity index (χ2n) is 4.82. The van der Waals surface area contributed by atoms with Crippen LogP contribution < -0.4 is 10.2 Å². The first-order valence-electron chi connectivity index (χ1n) is 6.44. The van der Waals surface area contributed by atoms with Gasteiger partial charge in [0.1, 0.15) is 0 Å². The fourth-order valence-corrected chi connectivity index (χ4v) is 2.66. The van der Waals surface area contributed by atoms with E-state index in [9.17, 15) is 0 Å². The molecule has 2 nitrogen and oxygen atoms in total. The average molecular weight is 253 g/mol. The van der Waals surface area contributed by atoms with Crippen LogP contribution in [0.5, 0.6) is 0 Å². The summed E-state index contributed by atoms with van der Waals surface area (Å²) in [7, 11) is 2.03. The van der Waals surface area contributed by atoms with Gasteiger partial charge in [0.15, 0.2) is 0 Å². The van der Waals surface area contributed by atoms with Crippen LogP contribution in [-0.4, -0.2) is 26.7 Å². The van der Waals surface area contributed by atoms with Crippen molar-refractivity contribution < 1.29 is 0 Å². The summed E-state index contributed by atoms with van der Waals surface area (Å²) in [5.74, 6) is 0.826. The van der Waals surface area contributed by atoms with Gasteiger partial charge in [-0.3, -0.25) is 0 Å². The molecule has 1 heterocycles. The highest BCUT2D eigenvalue weighted by Gasteiger charge is 2.19. The summed E-state index contributed by atoms with van der Waals surface area (Å²) in [5, 5.41) is 4.06. The van der Waals surface area contributed by atoms with Gasteiger partial charge in [-0.15, -0.1) is 0 Å². The molecule has 3 heteroatoms. The molecule has 1 fully saturated rings. The van der Waals surface area contributed by atoms with Crippen LogP contribution >= 0.6 is 11.6 Å². The molecule has 1 N–H and O–H groups in total. The quantitative estimate of drug-likeness (QED) is 0.886. The maximum atomic E-state index is 5.92. The minimum Gasteiger partial charge on any atom is -0.371 e. The third kappa shape index (κ3) is 3.62. The largest absolute Gasteiger partial charge is 0.371 e. The molecule has 0 aliphatic carbocycles. The Hall–Kier alpha value is -0.730. The molecule has 0 radical (unpaired) electrons. The van der Waals surface area contributed by atoms with Crippen LogP contribution in [0, 0.1) is 5.92 Å². The van der Waals surface area contributed by atoms with Gasteiger partial charge in [-0.05, 0) is 63.0 Å². The summed E-state index contributed by atoms with van der Waals surface area (Å²) < 4.78 is 0. The SMILES string of the molecule is CNCCC1CCCN(c2ccc(Cl)cc2)C1. The van der Waals surface area contributed by atoms with E-state index in [1.54, 1.807) is 0 Å². The van der Waals surface area contributed by atoms with E-state index in [0.29, 0.717) is 0 Å². The molecule has 94 valence electrons. The monoisotopic (exact) mass is 252 g/mol. The van der Waals surface area contributed by atoms with Crippen molar-refractivity contribution in [2.24, 2.45) is 5.92 Å². The van der Waals surface area contributed by atoms with Crippen LogP contribution in [0.25, 0.3) is 0 Å². The zero-order valence-electron chi connectivity index (χ0n) is 10.5. The summed E-state index contributed by atoms with van der Waals surface area (Å²) in [6.45, 7) is 3.49. The van der Waals surface area contributed by atoms with E-state index < -0.39 is 0 Å². The highest BCUT2D eigenvalue weighted by molar-refractivity contribution is 6.30. The van der Waals surface area contributed by atoms with Crippen molar-refractivity contribution in [2.45, 2.75) is 19.3 Å². The molecule has 17 heavy (non-hydrogen) atoms. The lowest BCUT2D eigenvalue weighted by Gasteiger charge is -2.34. The van der Waals surface area contributed by atoms with Crippen LogP contribution in [-0.2, 0) is 0 Å². The summed E-state index contributed by atoms with van der Waals surface area (Å²) in [6.07, 6.45) is 3.95. The Morgan fingerprint density at radius 1 is 1.35 bits per heavy atom. The van der Waals surface area contributed by atoms with Crippen molar-refractivity contribution >= 4 is 17.3 Å². The van der Waals surface area contributed by atoms with Crippen molar-refractivity contribution in [1.29, 1.82) is 0 Å². The Kier molecular flexibility index (Phi) is 4.69. The second-order valence-corrected chi connectivity index (χ2v) is 5.26. The van der Waals surface area contributed by atoms with Gasteiger partial charge in [-0.25, -0.2) is 0 Å². The Morgan fingerprint density at radius 2 is 2.12 bits per heavy atom. The standard InChI is InChI=1S/C14H21ClN2/c1-16-9-8-12-3-2-10-17(11-12)14-6-4-13(15)5-7-14/h4-7,12,16H,2-3,8-11H2,1H3. The second kappa shape index (κ2) is 6.27. The summed E-state index contributed by atoms with van der Waals surface area (Å²) in [5.41, 5.74) is 1.31. The van der Waals surface area contributed by atoms with Crippen LogP contribution in [0.4, 0.5) is 5.69 Å². The van der Waals surface area contributed by atoms with Crippen molar-refractivity contribution in [3.8, 4) is 0 Å². The number of nitrogens with one attached hydrogen (secondary N) is 1. The maximum absolute atomic E-state index is 5.92. The molecule has 2 rings (SSSR count). The van der Waals surface area contributed by atoms with Crippen molar-refractivity contribution in [2.75, 3.05) is 31.6 Å². The van der Waals surface area contributed by atoms with Crippen LogP contribution in [0.15, 0.2) is 24.3 Å². The van der Waals surface area contributed by atoms with Crippen LogP contribution in [0.2, 0.25) is 5.02 Å². The summed E-state index contributed by atoms with van der Waals surface area (Å²) in [6, 6.07) is 8.22. The van der Waals surface area contributed by atoms with Gasteiger partial charge in [0.2, 0.25) is 0 Å². The number of halogens is 1. The van der Waals surface area contributed by atoms with E-state index in [4.69, 9.17) is 11.6 Å². The predicted molar refractivity (Wildman–Crippen MR) is 74.9 cm³/mol. The highest BCUT2D eigenvalue weighted by Crippen LogP contribution is 2.25. The maximum Gasteiger partial charge on any atom is 0.0407 e. The Labute approximate surface area is 109 Å². The fourth-order valence-electron chi connectivity index (χ4n) is 2.54. The summed E-state index contributed by atoms with van der Waals surface area (Å²) in [4.78, 5) is 2.49. The number of hydrogen-bond acceptors (Lipinski definition) is 2. The molecule has 0 spiro atoms. The van der Waals surface area contributed by atoms with Gasteiger partial charge in [-0.1, -0.05) is 11.6 Å². The Balaban J connectivity index is 1.94. The lowest BCUT2D eigenvalue weighted by molar-refractivity contribution is 0.388. The van der Waals surface area contributed by atoms with Gasteiger partial charge in [-0.2, -0.15) is 0 Å². The molecular weight excluding hydrogens is 232 g/mol. The van der Waals surface area contributed by atoms with Crippen molar-refractivity contribution in [3.63, 3.8) is 0 Å². The van der Waals surface area contributed by atoms with Gasteiger partial charge >= 0.3 is 0 Å². The molecular formula is C14H21ClN2. The zero-order valence-corrected chi connectivity index (χ0v) is 11.2. The minimum absolute atomic E-state index is 0.817. The number of piperidine rings is 1. The first kappa shape index (κ1) is 12.7. The molecule has 1 atom stereocenters. The molecule has 0 bridgehead atoms. The first-order chi connectivity index (χ1) is 8.29. The molecule has 1 unspecified atom stereocenters. The van der Waals surface area contributed by atoms with Crippen LogP contribution in [0.3, 0.4) is 0 Å². The Morgan fingerprint density at radius 3 is 2.82 bits per heavy atom. The van der Waals surface area contributed by atoms with E-state index in [2.05, 4.69) is 22.3 Å². The fraction of sp³-hybridized carbons (Fsp3) is 0.571. The zero-order chi connectivity index (χ0) is 12.1. The molecule has 1 aliphatic heterocycles. The lowest BCUT2D eigenvalue weighted by atomic mass is 9.94. The van der Waals surface area contributed by atoms with Gasteiger partial charge in [0, 0.05) is 23.8 Å². The topological polar surface area (TPSA) is 15.3 Å². The number of rotatable bonds is 4. The summed E-state index contributed by atoms with van der Waals surface area (Å²) >= 11 is 5.92. The normalized spacial score (nSPS) is 20.6. The van der Waals surface area contributed by atoms with E-state index in [-0.39, 0.29) is 0 Å². The van der Waals surface area contributed by atoms with E-state index in [1.165, 1.54) is 38.0 Å². The van der Waals surface area contributed by atoms with E-state index in [0.717, 1.165) is 17.5 Å². The highest BCUT2D eigenvalue weighted by atomic mass is 35.5. The third-order valence-corrected chi connectivity index (χ3v) is 3.77. The van der Waals surface area contributed by atoms with Crippen LogP contribution in [0.1, 0.15) is 19.3 Å².